The first-order valence-corrected chi connectivity index (χ1v) is 9.21. The molecule has 1 N–H and O–H groups in total. The molecule has 0 amide bonds. The van der Waals surface area contributed by atoms with Crippen molar-refractivity contribution < 1.29 is 0 Å². The quantitative estimate of drug-likeness (QED) is 0.604. The molecule has 1 unspecified atom stereocenters. The van der Waals surface area contributed by atoms with E-state index in [1.807, 2.05) is 25.4 Å². The van der Waals surface area contributed by atoms with E-state index >= 15 is 0 Å². The van der Waals surface area contributed by atoms with Crippen LogP contribution >= 0.6 is 0 Å². The third kappa shape index (κ3) is 2.93. The summed E-state index contributed by atoms with van der Waals surface area (Å²) in [6.45, 7) is 2.89. The minimum atomic E-state index is 0.556. The number of benzene rings is 1. The Kier molecular flexibility index (Phi) is 3.81. The normalized spacial score (nSPS) is 15.8. The van der Waals surface area contributed by atoms with Crippen molar-refractivity contribution in [2.75, 3.05) is 0 Å². The number of hydrogen-bond donors (Lipinski definition) is 1. The van der Waals surface area contributed by atoms with Crippen molar-refractivity contribution in [3.63, 3.8) is 0 Å². The summed E-state index contributed by atoms with van der Waals surface area (Å²) >= 11 is 0. The molecule has 1 atom stereocenters. The number of aryl methyl sites for hydroxylation is 2. The molecule has 0 aliphatic heterocycles. The van der Waals surface area contributed by atoms with E-state index in [0.29, 0.717) is 5.92 Å². The van der Waals surface area contributed by atoms with Crippen LogP contribution in [0.1, 0.15) is 29.2 Å². The summed E-state index contributed by atoms with van der Waals surface area (Å²) < 4.78 is 2.18. The molecule has 134 valence electrons. The molecule has 0 radical (unpaired) electrons. The first-order chi connectivity index (χ1) is 13.3. The molecule has 0 bridgehead atoms. The maximum absolute atomic E-state index is 4.59. The number of aromatic nitrogens is 6. The van der Waals surface area contributed by atoms with Crippen LogP contribution in [-0.2, 0) is 13.0 Å². The zero-order valence-corrected chi connectivity index (χ0v) is 15.1. The minimum absolute atomic E-state index is 0.556. The number of aromatic amines is 1. The van der Waals surface area contributed by atoms with Crippen LogP contribution in [0, 0.1) is 6.92 Å². The lowest BCUT2D eigenvalue weighted by Gasteiger charge is -2.11. The molecule has 0 saturated carbocycles. The summed E-state index contributed by atoms with van der Waals surface area (Å²) in [5.74, 6) is 0.556. The number of pyridine rings is 1. The zero-order chi connectivity index (χ0) is 18.2. The van der Waals surface area contributed by atoms with E-state index in [0.717, 1.165) is 34.9 Å². The molecule has 0 spiro atoms. The number of nitrogens with one attached hydrogen (secondary N) is 1. The fourth-order valence-corrected chi connectivity index (χ4v) is 3.96. The molecule has 3 heterocycles. The third-order valence-corrected chi connectivity index (χ3v) is 5.34. The Morgan fingerprint density at radius 1 is 1.11 bits per heavy atom. The predicted molar refractivity (Wildman–Crippen MR) is 103 cm³/mol. The van der Waals surface area contributed by atoms with E-state index in [2.05, 4.69) is 60.4 Å². The number of nitrogens with zero attached hydrogens (tertiary/aromatic N) is 5. The van der Waals surface area contributed by atoms with E-state index < -0.39 is 0 Å². The van der Waals surface area contributed by atoms with Gasteiger partial charge >= 0.3 is 0 Å². The van der Waals surface area contributed by atoms with Gasteiger partial charge in [-0.25, -0.2) is 4.98 Å². The highest BCUT2D eigenvalue weighted by Crippen LogP contribution is 2.34. The highest BCUT2D eigenvalue weighted by atomic mass is 15.3. The molecular formula is C21H20N6. The maximum Gasteiger partial charge on any atom is 0.115 e. The third-order valence-electron chi connectivity index (χ3n) is 5.34. The smallest absolute Gasteiger partial charge is 0.115 e. The average molecular weight is 356 g/mol. The monoisotopic (exact) mass is 356 g/mol. The van der Waals surface area contributed by atoms with Crippen molar-refractivity contribution in [3.05, 3.63) is 71.9 Å². The van der Waals surface area contributed by atoms with Gasteiger partial charge in [0.05, 0.1) is 17.7 Å². The second-order valence-electron chi connectivity index (χ2n) is 7.08. The van der Waals surface area contributed by atoms with Crippen LogP contribution in [0.2, 0.25) is 0 Å². The fraction of sp³-hybridized carbons (Fsp3) is 0.238. The Morgan fingerprint density at radius 3 is 2.93 bits per heavy atom. The van der Waals surface area contributed by atoms with Crippen molar-refractivity contribution in [3.8, 4) is 22.6 Å². The minimum Gasteiger partial charge on any atom is -0.336 e. The van der Waals surface area contributed by atoms with Gasteiger partial charge in [0.15, 0.2) is 0 Å². The number of H-pyrrole nitrogens is 1. The fourth-order valence-electron chi connectivity index (χ4n) is 3.96. The topological polar surface area (TPSA) is 72.3 Å². The second kappa shape index (κ2) is 6.46. The van der Waals surface area contributed by atoms with E-state index in [1.54, 1.807) is 6.20 Å². The van der Waals surface area contributed by atoms with Gasteiger partial charge in [0.1, 0.15) is 11.4 Å². The SMILES string of the molecule is Cc1n[nH]nc1-c1ccnc(-c2cn(CC3CCc4ccccc43)cn2)c1. The van der Waals surface area contributed by atoms with Crippen LogP contribution in [-0.4, -0.2) is 29.9 Å². The van der Waals surface area contributed by atoms with Gasteiger partial charge in [-0.1, -0.05) is 24.3 Å². The Labute approximate surface area is 157 Å². The first kappa shape index (κ1) is 15.9. The zero-order valence-electron chi connectivity index (χ0n) is 15.1. The Hall–Kier alpha value is -3.28. The predicted octanol–water partition coefficient (Wildman–Crippen LogP) is 3.77. The van der Waals surface area contributed by atoms with Gasteiger partial charge in [0.2, 0.25) is 0 Å². The number of rotatable bonds is 4. The van der Waals surface area contributed by atoms with Gasteiger partial charge in [0, 0.05) is 30.4 Å². The van der Waals surface area contributed by atoms with Crippen molar-refractivity contribution >= 4 is 0 Å². The Bertz CT molecular complexity index is 1090. The molecule has 1 aliphatic carbocycles. The standard InChI is InChI=1S/C21H20N6/c1-14-21(25-26-24-14)16-8-9-22-19(10-16)20-12-27(13-23-20)11-17-7-6-15-4-2-3-5-18(15)17/h2-5,8-10,12-13,17H,6-7,11H2,1H3,(H,24,25,26). The van der Waals surface area contributed by atoms with Crippen molar-refractivity contribution in [1.29, 1.82) is 0 Å². The van der Waals surface area contributed by atoms with Crippen molar-refractivity contribution in [2.24, 2.45) is 0 Å². The van der Waals surface area contributed by atoms with Gasteiger partial charge < -0.3 is 4.57 Å². The molecule has 4 aromatic rings. The number of hydrogen-bond acceptors (Lipinski definition) is 4. The van der Waals surface area contributed by atoms with Gasteiger partial charge in [-0.15, -0.1) is 0 Å². The highest BCUT2D eigenvalue weighted by Gasteiger charge is 2.22. The highest BCUT2D eigenvalue weighted by molar-refractivity contribution is 5.67. The summed E-state index contributed by atoms with van der Waals surface area (Å²) in [5.41, 5.74) is 7.41. The summed E-state index contributed by atoms with van der Waals surface area (Å²) in [7, 11) is 0. The van der Waals surface area contributed by atoms with E-state index in [1.165, 1.54) is 24.0 Å². The van der Waals surface area contributed by atoms with Crippen molar-refractivity contribution in [1.82, 2.24) is 29.9 Å². The van der Waals surface area contributed by atoms with Crippen LogP contribution in [0.15, 0.2) is 55.1 Å². The van der Waals surface area contributed by atoms with Crippen LogP contribution in [0.5, 0.6) is 0 Å². The molecule has 0 fully saturated rings. The van der Waals surface area contributed by atoms with Crippen molar-refractivity contribution in [2.45, 2.75) is 32.2 Å². The average Bonchev–Trinajstić information content (AvgIpc) is 3.43. The lowest BCUT2D eigenvalue weighted by molar-refractivity contribution is 0.555. The van der Waals surface area contributed by atoms with Gasteiger partial charge in [-0.2, -0.15) is 15.4 Å². The first-order valence-electron chi connectivity index (χ1n) is 9.21. The molecule has 5 rings (SSSR count). The molecule has 6 heteroatoms. The van der Waals surface area contributed by atoms with E-state index in [9.17, 15) is 0 Å². The van der Waals surface area contributed by atoms with Gasteiger partial charge in [-0.3, -0.25) is 4.98 Å². The summed E-state index contributed by atoms with van der Waals surface area (Å²) in [6.07, 6.45) is 8.16. The van der Waals surface area contributed by atoms with Gasteiger partial charge in [0.25, 0.3) is 0 Å². The van der Waals surface area contributed by atoms with Gasteiger partial charge in [-0.05, 0) is 43.0 Å². The number of fused-ring (bicyclic) bond motifs is 1. The molecule has 27 heavy (non-hydrogen) atoms. The number of imidazole rings is 1. The van der Waals surface area contributed by atoms with Crippen LogP contribution in [0.4, 0.5) is 0 Å². The second-order valence-corrected chi connectivity index (χ2v) is 7.08. The molecule has 6 nitrogen and oxygen atoms in total. The molecule has 0 saturated heterocycles. The lowest BCUT2D eigenvalue weighted by atomic mass is 10.0. The maximum atomic E-state index is 4.59. The molecule has 1 aliphatic rings. The van der Waals surface area contributed by atoms with E-state index in [-0.39, 0.29) is 0 Å². The molecular weight excluding hydrogens is 336 g/mol. The van der Waals surface area contributed by atoms with E-state index in [4.69, 9.17) is 0 Å². The summed E-state index contributed by atoms with van der Waals surface area (Å²) in [5, 5.41) is 11.0. The van der Waals surface area contributed by atoms with Crippen LogP contribution < -0.4 is 0 Å². The van der Waals surface area contributed by atoms with Crippen LogP contribution in [0.3, 0.4) is 0 Å². The molecule has 1 aromatic carbocycles. The Balaban J connectivity index is 1.39. The Morgan fingerprint density at radius 2 is 2.04 bits per heavy atom. The summed E-state index contributed by atoms with van der Waals surface area (Å²) in [6, 6.07) is 12.7. The largest absolute Gasteiger partial charge is 0.336 e. The lowest BCUT2D eigenvalue weighted by Crippen LogP contribution is -2.04. The molecule has 3 aromatic heterocycles. The van der Waals surface area contributed by atoms with Crippen LogP contribution in [0.25, 0.3) is 22.6 Å². The summed E-state index contributed by atoms with van der Waals surface area (Å²) in [4.78, 5) is 9.08.